The van der Waals surface area contributed by atoms with E-state index in [1.165, 1.54) is 23.6 Å². The molecule has 0 saturated heterocycles. The molecule has 0 bridgehead atoms. The molecule has 166 valence electrons. The maximum absolute atomic E-state index is 11.5. The minimum atomic E-state index is -3.04. The topological polar surface area (TPSA) is 74.1 Å². The molecular formula is C23H29N3O3S2. The van der Waals surface area contributed by atoms with Gasteiger partial charge in [0.15, 0.2) is 11.0 Å². The van der Waals surface area contributed by atoms with Crippen LogP contribution in [0.4, 0.5) is 0 Å². The van der Waals surface area contributed by atoms with E-state index in [1.807, 2.05) is 35.8 Å². The van der Waals surface area contributed by atoms with Gasteiger partial charge in [-0.15, -0.1) is 10.2 Å². The number of nitrogens with zero attached hydrogens (tertiary/aromatic N) is 3. The molecule has 0 aliphatic rings. The van der Waals surface area contributed by atoms with Gasteiger partial charge in [-0.3, -0.25) is 4.57 Å². The van der Waals surface area contributed by atoms with Crippen molar-refractivity contribution in [1.29, 1.82) is 0 Å². The van der Waals surface area contributed by atoms with Crippen molar-refractivity contribution >= 4 is 21.6 Å². The first-order valence-corrected chi connectivity index (χ1v) is 13.2. The monoisotopic (exact) mass is 459 g/mol. The number of hydrogen-bond acceptors (Lipinski definition) is 6. The van der Waals surface area contributed by atoms with E-state index in [4.69, 9.17) is 4.74 Å². The van der Waals surface area contributed by atoms with Crippen molar-refractivity contribution in [2.75, 3.05) is 24.4 Å². The van der Waals surface area contributed by atoms with Crippen molar-refractivity contribution in [2.45, 2.75) is 38.3 Å². The molecule has 8 heteroatoms. The predicted molar refractivity (Wildman–Crippen MR) is 127 cm³/mol. The van der Waals surface area contributed by atoms with E-state index in [0.29, 0.717) is 23.3 Å². The fraction of sp³-hybridized carbons (Fsp3) is 0.391. The van der Waals surface area contributed by atoms with E-state index in [-0.39, 0.29) is 11.2 Å². The van der Waals surface area contributed by atoms with E-state index in [9.17, 15) is 8.42 Å². The van der Waals surface area contributed by atoms with Gasteiger partial charge in [-0.2, -0.15) is 0 Å². The van der Waals surface area contributed by atoms with Gasteiger partial charge in [0.25, 0.3) is 0 Å². The molecule has 0 amide bonds. The van der Waals surface area contributed by atoms with Crippen LogP contribution in [0.2, 0.25) is 0 Å². The molecule has 0 atom stereocenters. The maximum atomic E-state index is 11.5. The molecule has 0 spiro atoms. The molecule has 0 aliphatic carbocycles. The number of thioether (sulfide) groups is 1. The lowest BCUT2D eigenvalue weighted by Gasteiger charge is -2.19. The smallest absolute Gasteiger partial charge is 0.196 e. The Labute approximate surface area is 189 Å². The van der Waals surface area contributed by atoms with Gasteiger partial charge < -0.3 is 4.74 Å². The Morgan fingerprint density at radius 1 is 1.00 bits per heavy atom. The van der Waals surface area contributed by atoms with Gasteiger partial charge in [0.1, 0.15) is 15.6 Å². The Hall–Kier alpha value is -2.32. The average molecular weight is 460 g/mol. The lowest BCUT2D eigenvalue weighted by Crippen LogP contribution is -2.10. The van der Waals surface area contributed by atoms with Crippen LogP contribution in [0.15, 0.2) is 53.7 Å². The lowest BCUT2D eigenvalue weighted by atomic mass is 9.87. The number of sulfone groups is 1. The van der Waals surface area contributed by atoms with Crippen LogP contribution in [0, 0.1) is 0 Å². The van der Waals surface area contributed by atoms with Crippen molar-refractivity contribution in [3.63, 3.8) is 0 Å². The summed E-state index contributed by atoms with van der Waals surface area (Å²) in [5.74, 6) is 2.01. The second kappa shape index (κ2) is 9.44. The largest absolute Gasteiger partial charge is 0.494 e. The molecule has 0 unspecified atom stereocenters. The standard InChI is InChI=1S/C23H29N3O3S2/c1-6-29-20-13-11-19(12-14-20)26-21(17-7-9-18(10-8-17)23(2,3)4)24-25-22(26)30-15-16-31(5,27)28/h7-14H,6,15-16H2,1-5H3. The summed E-state index contributed by atoms with van der Waals surface area (Å²) < 4.78 is 30.6. The number of rotatable bonds is 8. The number of hydrogen-bond donors (Lipinski definition) is 0. The molecule has 2 aromatic carbocycles. The quantitative estimate of drug-likeness (QED) is 0.452. The zero-order valence-electron chi connectivity index (χ0n) is 18.6. The highest BCUT2D eigenvalue weighted by Crippen LogP contribution is 2.30. The third-order valence-corrected chi connectivity index (χ3v) is 6.87. The van der Waals surface area contributed by atoms with E-state index in [2.05, 4.69) is 55.2 Å². The van der Waals surface area contributed by atoms with Crippen molar-refractivity contribution < 1.29 is 13.2 Å². The van der Waals surface area contributed by atoms with Crippen LogP contribution in [0.1, 0.15) is 33.3 Å². The summed E-state index contributed by atoms with van der Waals surface area (Å²) in [6, 6.07) is 16.1. The highest BCUT2D eigenvalue weighted by atomic mass is 32.2. The Balaban J connectivity index is 2.00. The van der Waals surface area contributed by atoms with E-state index in [0.717, 1.165) is 17.0 Å². The number of ether oxygens (including phenoxy) is 1. The van der Waals surface area contributed by atoms with Crippen LogP contribution >= 0.6 is 11.8 Å². The Bertz CT molecular complexity index is 1110. The Morgan fingerprint density at radius 3 is 2.19 bits per heavy atom. The maximum Gasteiger partial charge on any atom is 0.196 e. The Kier molecular flexibility index (Phi) is 7.11. The summed E-state index contributed by atoms with van der Waals surface area (Å²) in [4.78, 5) is 0. The number of benzene rings is 2. The lowest BCUT2D eigenvalue weighted by molar-refractivity contribution is 0.340. The van der Waals surface area contributed by atoms with Crippen molar-refractivity contribution in [2.24, 2.45) is 0 Å². The molecule has 0 fully saturated rings. The normalized spacial score (nSPS) is 12.2. The van der Waals surface area contributed by atoms with Gasteiger partial charge in [0, 0.05) is 23.3 Å². The molecule has 0 saturated carbocycles. The van der Waals surface area contributed by atoms with E-state index in [1.54, 1.807) is 0 Å². The second-order valence-corrected chi connectivity index (χ2v) is 11.7. The molecule has 1 heterocycles. The molecule has 1 aromatic heterocycles. The predicted octanol–water partition coefficient (Wildman–Crippen LogP) is 4.77. The molecule has 3 aromatic rings. The van der Waals surface area contributed by atoms with Gasteiger partial charge in [-0.25, -0.2) is 8.42 Å². The minimum absolute atomic E-state index is 0.0635. The number of aromatic nitrogens is 3. The minimum Gasteiger partial charge on any atom is -0.494 e. The molecule has 0 aliphatic heterocycles. The van der Waals surface area contributed by atoms with Crippen molar-refractivity contribution in [1.82, 2.24) is 14.8 Å². The summed E-state index contributed by atoms with van der Waals surface area (Å²) in [7, 11) is -3.04. The molecule has 0 N–H and O–H groups in total. The zero-order chi connectivity index (χ0) is 22.6. The first kappa shape index (κ1) is 23.3. The molecule has 3 rings (SSSR count). The third-order valence-electron chi connectivity index (χ3n) is 4.73. The van der Waals surface area contributed by atoms with Gasteiger partial charge in [-0.1, -0.05) is 56.8 Å². The summed E-state index contributed by atoms with van der Waals surface area (Å²) in [5.41, 5.74) is 3.15. The van der Waals surface area contributed by atoms with Crippen molar-refractivity contribution in [3.05, 3.63) is 54.1 Å². The van der Waals surface area contributed by atoms with E-state index < -0.39 is 9.84 Å². The SMILES string of the molecule is CCOc1ccc(-n2c(SCCS(C)(=O)=O)nnc2-c2ccc(C(C)(C)C)cc2)cc1. The van der Waals surface area contributed by atoms with Crippen LogP contribution in [0.25, 0.3) is 17.1 Å². The third kappa shape index (κ3) is 6.11. The first-order valence-electron chi connectivity index (χ1n) is 10.2. The highest BCUT2D eigenvalue weighted by molar-refractivity contribution is 8.00. The molecular weight excluding hydrogens is 430 g/mol. The highest BCUT2D eigenvalue weighted by Gasteiger charge is 2.19. The van der Waals surface area contributed by atoms with Gasteiger partial charge >= 0.3 is 0 Å². The van der Waals surface area contributed by atoms with E-state index >= 15 is 0 Å². The van der Waals surface area contributed by atoms with Gasteiger partial charge in [-0.05, 0) is 42.2 Å². The summed E-state index contributed by atoms with van der Waals surface area (Å²) in [6.45, 7) is 9.09. The Morgan fingerprint density at radius 2 is 1.65 bits per heavy atom. The van der Waals surface area contributed by atoms with Crippen molar-refractivity contribution in [3.8, 4) is 22.8 Å². The fourth-order valence-electron chi connectivity index (χ4n) is 3.04. The molecule has 0 radical (unpaired) electrons. The average Bonchev–Trinajstić information content (AvgIpc) is 3.11. The molecule has 6 nitrogen and oxygen atoms in total. The van der Waals surface area contributed by atoms with Gasteiger partial charge in [0.2, 0.25) is 0 Å². The van der Waals surface area contributed by atoms with Crippen LogP contribution in [-0.2, 0) is 15.3 Å². The van der Waals surface area contributed by atoms with Crippen LogP contribution < -0.4 is 4.74 Å². The van der Waals surface area contributed by atoms with Crippen LogP contribution in [-0.4, -0.2) is 47.6 Å². The second-order valence-electron chi connectivity index (χ2n) is 8.37. The zero-order valence-corrected chi connectivity index (χ0v) is 20.3. The van der Waals surface area contributed by atoms with Crippen LogP contribution in [0.3, 0.4) is 0 Å². The summed E-state index contributed by atoms with van der Waals surface area (Å²) in [6.07, 6.45) is 1.24. The first-order chi connectivity index (χ1) is 14.6. The summed E-state index contributed by atoms with van der Waals surface area (Å²) >= 11 is 1.39. The molecule has 31 heavy (non-hydrogen) atoms. The fourth-order valence-corrected chi connectivity index (χ4v) is 5.19. The van der Waals surface area contributed by atoms with Gasteiger partial charge in [0.05, 0.1) is 12.4 Å². The summed E-state index contributed by atoms with van der Waals surface area (Å²) in [5, 5.41) is 9.46. The van der Waals surface area contributed by atoms with Crippen LogP contribution in [0.5, 0.6) is 5.75 Å².